The molecule has 0 radical (unpaired) electrons. The predicted molar refractivity (Wildman–Crippen MR) is 75.1 cm³/mol. The lowest BCUT2D eigenvalue weighted by Crippen LogP contribution is -1.85. The van der Waals surface area contributed by atoms with Crippen molar-refractivity contribution in [2.45, 2.75) is 59.3 Å². The molecule has 3 N–H and O–H groups in total. The third kappa shape index (κ3) is 39.0. The third-order valence-electron chi connectivity index (χ3n) is 2.11. The van der Waals surface area contributed by atoms with Crippen molar-refractivity contribution in [2.75, 3.05) is 19.8 Å². The Kier molecular flexibility index (Phi) is 31.8. The van der Waals surface area contributed by atoms with Crippen molar-refractivity contribution in [1.82, 2.24) is 0 Å². The van der Waals surface area contributed by atoms with Gasteiger partial charge in [-0.2, -0.15) is 0 Å². The van der Waals surface area contributed by atoms with Gasteiger partial charge in [0.05, 0.1) is 13.2 Å². The first-order valence-corrected chi connectivity index (χ1v) is 6.63. The summed E-state index contributed by atoms with van der Waals surface area (Å²) in [6.07, 6.45) is 6.95. The minimum absolute atomic E-state index is 0.125. The smallest absolute Gasteiger partial charge is 0.0662 e. The van der Waals surface area contributed by atoms with Gasteiger partial charge >= 0.3 is 0 Å². The van der Waals surface area contributed by atoms with E-state index >= 15 is 0 Å². The predicted octanol–water partition coefficient (Wildman–Crippen LogP) is 2.89. The average molecular weight is 248 g/mol. The molecular weight excluding hydrogens is 216 g/mol. The van der Waals surface area contributed by atoms with Crippen molar-refractivity contribution < 1.29 is 15.3 Å². The lowest BCUT2D eigenvalue weighted by molar-refractivity contribution is 0.186. The molecule has 17 heavy (non-hydrogen) atoms. The van der Waals surface area contributed by atoms with E-state index in [0.29, 0.717) is 6.61 Å². The van der Waals surface area contributed by atoms with Gasteiger partial charge in [0.1, 0.15) is 0 Å². The first-order chi connectivity index (χ1) is 8.14. The molecule has 0 bridgehead atoms. The molecule has 0 aromatic heterocycles. The number of aliphatic hydroxyl groups is 3. The minimum Gasteiger partial charge on any atom is -0.396 e. The standard InChI is InChI=1S/C6H14O.C6H12.C2H6O2/c1-2-3-4-5-6-7;1-4-6(3)5-2;3-1-2-4/h7H,2-6H2,1H3;3-5H2,1-2H3;3-4H,1-2H2. The molecule has 0 aliphatic heterocycles. The molecule has 0 saturated carbocycles. The summed E-state index contributed by atoms with van der Waals surface area (Å²) >= 11 is 0. The summed E-state index contributed by atoms with van der Waals surface area (Å²) in [6.45, 7) is 10.3. The van der Waals surface area contributed by atoms with Crippen molar-refractivity contribution in [1.29, 1.82) is 0 Å². The second kappa shape index (κ2) is 24.7. The molecule has 0 aromatic carbocycles. The maximum absolute atomic E-state index is 8.29. The second-order valence-corrected chi connectivity index (χ2v) is 3.69. The zero-order valence-electron chi connectivity index (χ0n) is 11.9. The van der Waals surface area contributed by atoms with Gasteiger partial charge < -0.3 is 15.3 Å². The normalized spacial score (nSPS) is 8.59. The fourth-order valence-electron chi connectivity index (χ4n) is 0.789. The Morgan fingerprint density at radius 1 is 0.765 bits per heavy atom. The van der Waals surface area contributed by atoms with Crippen LogP contribution in [0, 0.1) is 0 Å². The summed E-state index contributed by atoms with van der Waals surface area (Å²) in [4.78, 5) is 0. The third-order valence-corrected chi connectivity index (χ3v) is 2.11. The highest BCUT2D eigenvalue weighted by Crippen LogP contribution is 1.98. The van der Waals surface area contributed by atoms with Gasteiger partial charge in [-0.25, -0.2) is 0 Å². The topological polar surface area (TPSA) is 60.7 Å². The minimum atomic E-state index is -0.125. The molecule has 0 rings (SSSR count). The summed E-state index contributed by atoms with van der Waals surface area (Å²) in [5.74, 6) is 0. The molecular formula is C14H32O3. The van der Waals surface area contributed by atoms with E-state index in [4.69, 9.17) is 15.3 Å². The van der Waals surface area contributed by atoms with E-state index in [9.17, 15) is 0 Å². The monoisotopic (exact) mass is 248 g/mol. The molecule has 0 spiro atoms. The van der Waals surface area contributed by atoms with Crippen molar-refractivity contribution >= 4 is 0 Å². The van der Waals surface area contributed by atoms with Gasteiger partial charge in [0.2, 0.25) is 0 Å². The highest BCUT2D eigenvalue weighted by molar-refractivity contribution is 4.89. The largest absolute Gasteiger partial charge is 0.396 e. The van der Waals surface area contributed by atoms with Crippen LogP contribution in [0.25, 0.3) is 0 Å². The molecule has 0 aliphatic rings. The Balaban J connectivity index is -0.000000180. The molecule has 0 saturated heterocycles. The number of rotatable bonds is 7. The highest BCUT2D eigenvalue weighted by Gasteiger charge is 1.81. The molecule has 0 atom stereocenters. The van der Waals surface area contributed by atoms with E-state index in [1.165, 1.54) is 24.8 Å². The number of unbranched alkanes of at least 4 members (excludes halogenated alkanes) is 3. The van der Waals surface area contributed by atoms with Crippen LogP contribution < -0.4 is 0 Å². The quantitative estimate of drug-likeness (QED) is 0.479. The summed E-state index contributed by atoms with van der Waals surface area (Å²) in [6, 6.07) is 0. The van der Waals surface area contributed by atoms with Crippen molar-refractivity contribution in [3.05, 3.63) is 12.2 Å². The second-order valence-electron chi connectivity index (χ2n) is 3.69. The molecule has 0 heterocycles. The molecule has 0 unspecified atom stereocenters. The summed E-state index contributed by atoms with van der Waals surface area (Å²) in [5, 5.41) is 23.5. The zero-order valence-corrected chi connectivity index (χ0v) is 11.9. The Hall–Kier alpha value is -0.380. The van der Waals surface area contributed by atoms with Gasteiger partial charge in [-0.3, -0.25) is 0 Å². The van der Waals surface area contributed by atoms with Gasteiger partial charge in [0.15, 0.2) is 0 Å². The Bertz CT molecular complexity index is 113. The van der Waals surface area contributed by atoms with E-state index in [-0.39, 0.29) is 13.2 Å². The van der Waals surface area contributed by atoms with Crippen LogP contribution in [0.15, 0.2) is 12.2 Å². The van der Waals surface area contributed by atoms with Gasteiger partial charge in [0, 0.05) is 6.61 Å². The number of hydrogen-bond donors (Lipinski definition) is 3. The van der Waals surface area contributed by atoms with Crippen molar-refractivity contribution in [2.24, 2.45) is 0 Å². The maximum atomic E-state index is 8.29. The highest BCUT2D eigenvalue weighted by atomic mass is 16.3. The van der Waals surface area contributed by atoms with Crippen LogP contribution in [0.1, 0.15) is 59.3 Å². The van der Waals surface area contributed by atoms with Crippen LogP contribution >= 0.6 is 0 Å². The van der Waals surface area contributed by atoms with Gasteiger partial charge in [-0.1, -0.05) is 52.2 Å². The summed E-state index contributed by atoms with van der Waals surface area (Å²) in [7, 11) is 0. The fraction of sp³-hybridized carbons (Fsp3) is 0.857. The Labute approximate surface area is 107 Å². The van der Waals surface area contributed by atoms with Crippen molar-refractivity contribution in [3.8, 4) is 0 Å². The number of allylic oxidation sites excluding steroid dienone is 1. The van der Waals surface area contributed by atoms with E-state index in [1.54, 1.807) is 0 Å². The molecule has 0 amide bonds. The van der Waals surface area contributed by atoms with Gasteiger partial charge in [-0.15, -0.1) is 0 Å². The Morgan fingerprint density at radius 3 is 1.41 bits per heavy atom. The summed E-state index contributed by atoms with van der Waals surface area (Å²) < 4.78 is 0. The lowest BCUT2D eigenvalue weighted by atomic mass is 10.2. The first kappa shape index (κ1) is 21.9. The SMILES string of the molecule is C=C(CC)CC.CCCCCCO.OCCO. The Morgan fingerprint density at radius 2 is 1.24 bits per heavy atom. The van der Waals surface area contributed by atoms with Crippen LogP contribution in [-0.4, -0.2) is 35.1 Å². The molecule has 106 valence electrons. The zero-order chi connectivity index (χ0) is 13.9. The summed E-state index contributed by atoms with van der Waals surface area (Å²) in [5.41, 5.74) is 1.34. The van der Waals surface area contributed by atoms with E-state index < -0.39 is 0 Å². The first-order valence-electron chi connectivity index (χ1n) is 6.63. The van der Waals surface area contributed by atoms with Crippen LogP contribution in [0.4, 0.5) is 0 Å². The van der Waals surface area contributed by atoms with Gasteiger partial charge in [0.25, 0.3) is 0 Å². The van der Waals surface area contributed by atoms with E-state index in [2.05, 4.69) is 27.4 Å². The van der Waals surface area contributed by atoms with Crippen LogP contribution in [0.5, 0.6) is 0 Å². The average Bonchev–Trinajstić information content (AvgIpc) is 2.39. The number of aliphatic hydroxyl groups excluding tert-OH is 3. The molecule has 0 aromatic rings. The van der Waals surface area contributed by atoms with Crippen molar-refractivity contribution in [3.63, 3.8) is 0 Å². The van der Waals surface area contributed by atoms with E-state index in [0.717, 1.165) is 19.3 Å². The molecule has 3 nitrogen and oxygen atoms in total. The lowest BCUT2D eigenvalue weighted by Gasteiger charge is -1.90. The molecule has 0 fully saturated rings. The number of hydrogen-bond acceptors (Lipinski definition) is 3. The van der Waals surface area contributed by atoms with E-state index in [1.807, 2.05) is 0 Å². The van der Waals surface area contributed by atoms with Crippen LogP contribution in [-0.2, 0) is 0 Å². The molecule has 0 aliphatic carbocycles. The van der Waals surface area contributed by atoms with Gasteiger partial charge in [-0.05, 0) is 19.3 Å². The molecule has 3 heteroatoms. The van der Waals surface area contributed by atoms with Crippen LogP contribution in [0.3, 0.4) is 0 Å². The van der Waals surface area contributed by atoms with Crippen LogP contribution in [0.2, 0.25) is 0 Å². The fourth-order valence-corrected chi connectivity index (χ4v) is 0.789. The maximum Gasteiger partial charge on any atom is 0.0662 e.